The first-order chi connectivity index (χ1) is 15.3. The van der Waals surface area contributed by atoms with Gasteiger partial charge in [0.1, 0.15) is 5.78 Å². The molecule has 0 saturated heterocycles. The van der Waals surface area contributed by atoms with Gasteiger partial charge in [0.15, 0.2) is 5.78 Å². The van der Waals surface area contributed by atoms with E-state index in [2.05, 4.69) is 40.7 Å². The molecule has 5 nitrogen and oxygen atoms in total. The summed E-state index contributed by atoms with van der Waals surface area (Å²) in [5.41, 5.74) is 6.73. The molecule has 2 aromatic carbocycles. The summed E-state index contributed by atoms with van der Waals surface area (Å²) in [7, 11) is 5.50. The minimum absolute atomic E-state index is 0. The number of alkyl halides is 1. The van der Waals surface area contributed by atoms with Crippen molar-refractivity contribution < 1.29 is 19.5 Å². The molecule has 1 aliphatic heterocycles. The minimum atomic E-state index is -1.19. The van der Waals surface area contributed by atoms with Crippen LogP contribution in [0.2, 0.25) is 5.82 Å². The zero-order valence-corrected chi connectivity index (χ0v) is 22.9. The predicted molar refractivity (Wildman–Crippen MR) is 150 cm³/mol. The monoisotopic (exact) mass is 577 g/mol. The maximum atomic E-state index is 11.8. The highest BCUT2D eigenvalue weighted by Crippen LogP contribution is 2.31. The third-order valence-corrected chi connectivity index (χ3v) is 5.57. The van der Waals surface area contributed by atoms with Gasteiger partial charge >= 0.3 is 0 Å². The largest absolute Gasteiger partial charge is 0.360 e. The zero-order chi connectivity index (χ0) is 25.5. The molecule has 0 bridgehead atoms. The van der Waals surface area contributed by atoms with Crippen molar-refractivity contribution in [3.8, 4) is 0 Å². The topological polar surface area (TPSA) is 76.0 Å². The average Bonchev–Trinajstić information content (AvgIpc) is 3.02. The Morgan fingerprint density at radius 3 is 1.97 bits per heavy atom. The molecule has 2 radical (unpaired) electrons. The van der Waals surface area contributed by atoms with E-state index in [9.17, 15) is 14.7 Å². The highest BCUT2D eigenvalue weighted by molar-refractivity contribution is 14.1. The van der Waals surface area contributed by atoms with Crippen LogP contribution in [0, 0.1) is 33.6 Å². The minimum Gasteiger partial charge on any atom is -0.360 e. The molecular weight excluding hydrogens is 540 g/mol. The molecule has 1 aliphatic rings. The molecular formula is C27H37BINO4. The Morgan fingerprint density at radius 1 is 1.06 bits per heavy atom. The van der Waals surface area contributed by atoms with Gasteiger partial charge in [0, 0.05) is 23.9 Å². The van der Waals surface area contributed by atoms with E-state index in [0.29, 0.717) is 5.56 Å². The Labute approximate surface area is 219 Å². The number of aryl methyl sites for hydroxylation is 4. The van der Waals surface area contributed by atoms with Gasteiger partial charge in [0.05, 0.1) is 19.5 Å². The Bertz CT molecular complexity index is 1030. The van der Waals surface area contributed by atoms with Crippen molar-refractivity contribution >= 4 is 47.7 Å². The number of hydrogen-bond donors (Lipinski definition) is 1. The Kier molecular flexibility index (Phi) is 13.0. The molecule has 0 aliphatic carbocycles. The fourth-order valence-corrected chi connectivity index (χ4v) is 3.38. The predicted octanol–water partition coefficient (Wildman–Crippen LogP) is 6.10. The van der Waals surface area contributed by atoms with E-state index in [0.717, 1.165) is 28.0 Å². The maximum Gasteiger partial charge on any atom is 0.239 e. The van der Waals surface area contributed by atoms with Crippen LogP contribution in [0.5, 0.6) is 0 Å². The lowest BCUT2D eigenvalue weighted by Crippen LogP contribution is -2.33. The van der Waals surface area contributed by atoms with Gasteiger partial charge in [0.25, 0.3) is 0 Å². The van der Waals surface area contributed by atoms with Crippen LogP contribution in [0.3, 0.4) is 0 Å². The van der Waals surface area contributed by atoms with Crippen molar-refractivity contribution in [3.63, 3.8) is 0 Å². The van der Waals surface area contributed by atoms with Crippen LogP contribution in [0.25, 0.3) is 0 Å². The normalized spacial score (nSPS) is 19.1. The Morgan fingerprint density at radius 2 is 1.56 bits per heavy atom. The van der Waals surface area contributed by atoms with E-state index in [1.54, 1.807) is 13.0 Å². The van der Waals surface area contributed by atoms with Gasteiger partial charge in [-0.25, -0.2) is 0 Å². The molecule has 1 heterocycles. The van der Waals surface area contributed by atoms with E-state index in [1.165, 1.54) is 12.5 Å². The number of Topliss-reactive ketones (excluding diaryl/α,β-unsaturated/α-hetero) is 2. The molecule has 0 spiro atoms. The number of rotatable bonds is 4. The number of carbonyl (C=O) groups excluding carboxylic acids is 2. The first-order valence-electron chi connectivity index (χ1n) is 10.7. The fraction of sp³-hybridized carbons (Fsp3) is 0.444. The van der Waals surface area contributed by atoms with Crippen LogP contribution >= 0.6 is 22.6 Å². The van der Waals surface area contributed by atoms with E-state index in [4.69, 9.17) is 12.7 Å². The second-order valence-electron chi connectivity index (χ2n) is 8.43. The van der Waals surface area contributed by atoms with Gasteiger partial charge in [-0.15, -0.1) is 0 Å². The van der Waals surface area contributed by atoms with Crippen molar-refractivity contribution in [1.82, 2.24) is 0 Å². The van der Waals surface area contributed by atoms with E-state index in [-0.39, 0.29) is 24.9 Å². The van der Waals surface area contributed by atoms with Gasteiger partial charge in [-0.1, -0.05) is 89.6 Å². The average molecular weight is 577 g/mol. The standard InChI is InChI=1S/C13H17NO2.C12H13BO2.CH3I.CH4/c1-8-5-6-11(9(2)7-8)12-10(3)13(4,15)16-14-12;1-7-4-5-10(8(2)6-7)12(15)11(13)9(3)14;1-2;/h5-7,10,15H,1-4H3;4-6,11H,1-3H3;1H3;1H4. The molecule has 184 valence electrons. The van der Waals surface area contributed by atoms with Crippen molar-refractivity contribution in [1.29, 1.82) is 0 Å². The van der Waals surface area contributed by atoms with E-state index < -0.39 is 11.6 Å². The van der Waals surface area contributed by atoms with Crippen molar-refractivity contribution in [2.75, 3.05) is 4.93 Å². The van der Waals surface area contributed by atoms with Gasteiger partial charge < -0.3 is 14.7 Å². The third-order valence-electron chi connectivity index (χ3n) is 5.57. The number of halogens is 1. The fourth-order valence-electron chi connectivity index (χ4n) is 3.38. The highest BCUT2D eigenvalue weighted by Gasteiger charge is 2.41. The van der Waals surface area contributed by atoms with Crippen molar-refractivity contribution in [3.05, 3.63) is 69.8 Å². The van der Waals surface area contributed by atoms with E-state index >= 15 is 0 Å². The summed E-state index contributed by atoms with van der Waals surface area (Å²) < 4.78 is 0. The Hall–Kier alpha value is -2.00. The quantitative estimate of drug-likeness (QED) is 0.157. The van der Waals surface area contributed by atoms with Crippen molar-refractivity contribution in [2.24, 2.45) is 11.1 Å². The smallest absolute Gasteiger partial charge is 0.239 e. The summed E-state index contributed by atoms with van der Waals surface area (Å²) in [6.07, 6.45) is 0. The zero-order valence-electron chi connectivity index (χ0n) is 20.7. The number of benzene rings is 2. The second kappa shape index (κ2) is 13.8. The summed E-state index contributed by atoms with van der Waals surface area (Å²) in [5.74, 6) is -2.95. The first-order valence-corrected chi connectivity index (χ1v) is 12.8. The summed E-state index contributed by atoms with van der Waals surface area (Å²) in [6.45, 7) is 12.8. The summed E-state index contributed by atoms with van der Waals surface area (Å²) in [4.78, 5) is 29.8. The van der Waals surface area contributed by atoms with Crippen LogP contribution in [-0.2, 0) is 9.63 Å². The summed E-state index contributed by atoms with van der Waals surface area (Å²) >= 11 is 2.15. The molecule has 0 saturated carbocycles. The molecule has 3 rings (SSSR count). The van der Waals surface area contributed by atoms with Crippen LogP contribution in [-0.4, -0.2) is 40.9 Å². The lowest BCUT2D eigenvalue weighted by molar-refractivity contribution is -0.190. The molecule has 2 aromatic rings. The van der Waals surface area contributed by atoms with Crippen molar-refractivity contribution in [2.45, 2.75) is 67.5 Å². The number of aliphatic hydroxyl groups is 1. The number of oxime groups is 1. The maximum absolute atomic E-state index is 11.8. The highest BCUT2D eigenvalue weighted by atomic mass is 127. The van der Waals surface area contributed by atoms with Crippen LogP contribution < -0.4 is 0 Å². The molecule has 3 atom stereocenters. The number of hydrogen-bond acceptors (Lipinski definition) is 5. The van der Waals surface area contributed by atoms with Gasteiger partial charge in [0.2, 0.25) is 5.79 Å². The molecule has 0 amide bonds. The van der Waals surface area contributed by atoms with Crippen LogP contribution in [0.1, 0.15) is 66.4 Å². The molecule has 3 unspecified atom stereocenters. The van der Waals surface area contributed by atoms with E-state index in [1.807, 2.05) is 56.9 Å². The molecule has 34 heavy (non-hydrogen) atoms. The number of nitrogens with zero attached hydrogens (tertiary/aromatic N) is 1. The SMILES string of the molecule is C.CI.Cc1ccc(C2=NOC(C)(O)C2C)c(C)c1.[B]C(C(C)=O)C(=O)c1ccc(C)cc1C. The van der Waals surface area contributed by atoms with Gasteiger partial charge in [-0.2, -0.15) is 0 Å². The molecule has 1 N–H and O–H groups in total. The molecule has 0 aromatic heterocycles. The van der Waals surface area contributed by atoms with Gasteiger partial charge in [-0.3, -0.25) is 4.79 Å². The lowest BCUT2D eigenvalue weighted by atomic mass is 9.77. The van der Waals surface area contributed by atoms with Crippen LogP contribution in [0.15, 0.2) is 41.6 Å². The third kappa shape index (κ3) is 8.05. The number of carbonyl (C=O) groups is 2. The van der Waals surface area contributed by atoms with Crippen LogP contribution in [0.4, 0.5) is 0 Å². The van der Waals surface area contributed by atoms with Gasteiger partial charge in [-0.05, 0) is 50.7 Å². The summed E-state index contributed by atoms with van der Waals surface area (Å²) in [6, 6.07) is 11.6. The Balaban J connectivity index is 0.000000583. The first kappa shape index (κ1) is 32.0. The second-order valence-corrected chi connectivity index (χ2v) is 8.43. The number of ketones is 2. The summed E-state index contributed by atoms with van der Waals surface area (Å²) in [5, 5.41) is 13.9. The lowest BCUT2D eigenvalue weighted by Gasteiger charge is -2.20. The molecule has 0 fully saturated rings. The molecule has 7 heteroatoms.